The van der Waals surface area contributed by atoms with Gasteiger partial charge in [-0.2, -0.15) is 0 Å². The molecule has 1 aromatic carbocycles. The van der Waals surface area contributed by atoms with E-state index in [4.69, 9.17) is 4.74 Å². The Hall–Kier alpha value is -2.18. The van der Waals surface area contributed by atoms with Gasteiger partial charge in [0.2, 0.25) is 0 Å². The van der Waals surface area contributed by atoms with Crippen LogP contribution in [0.5, 0.6) is 0 Å². The summed E-state index contributed by atoms with van der Waals surface area (Å²) in [7, 11) is 1.74. The van der Waals surface area contributed by atoms with Gasteiger partial charge in [-0.15, -0.1) is 0 Å². The molecule has 0 aliphatic carbocycles. The van der Waals surface area contributed by atoms with E-state index in [2.05, 4.69) is 4.98 Å². The normalized spacial score (nSPS) is 12.1. The Morgan fingerprint density at radius 3 is 2.78 bits per heavy atom. The van der Waals surface area contributed by atoms with Crippen LogP contribution in [0.25, 0.3) is 0 Å². The Balaban J connectivity index is 1.85. The second-order valence-corrected chi connectivity index (χ2v) is 5.38. The minimum absolute atomic E-state index is 0.157. The number of rotatable bonds is 8. The Morgan fingerprint density at radius 2 is 2.09 bits per heavy atom. The number of aliphatic hydroxyl groups is 1. The molecular formula is C17H23N3O3. The van der Waals surface area contributed by atoms with Crippen molar-refractivity contribution in [3.05, 3.63) is 58.6 Å². The lowest BCUT2D eigenvalue weighted by atomic mass is 10.2. The first-order chi connectivity index (χ1) is 11.1. The summed E-state index contributed by atoms with van der Waals surface area (Å²) in [6.07, 6.45) is 2.55. The van der Waals surface area contributed by atoms with Crippen LogP contribution < -0.4 is 10.5 Å². The average Bonchev–Trinajstić information content (AvgIpc) is 2.56. The summed E-state index contributed by atoms with van der Waals surface area (Å²) < 4.78 is 7.09. The molecule has 6 heteroatoms. The third-order valence-corrected chi connectivity index (χ3v) is 3.50. The molecule has 0 bridgehead atoms. The van der Waals surface area contributed by atoms with Crippen LogP contribution in [0.1, 0.15) is 12.5 Å². The van der Waals surface area contributed by atoms with Crippen LogP contribution in [-0.4, -0.2) is 41.0 Å². The van der Waals surface area contributed by atoms with Crippen molar-refractivity contribution in [3.8, 4) is 0 Å². The third-order valence-electron chi connectivity index (χ3n) is 3.50. The standard InChI is InChI=1S/C17H23N3O3/c1-3-20-10-9-18-16(17(20)22)19(2)11-15(21)13-23-12-14-7-5-4-6-8-14/h4-10,15,21H,3,11-13H2,1-2H3. The minimum atomic E-state index is -0.694. The average molecular weight is 317 g/mol. The molecule has 1 heterocycles. The van der Waals surface area contributed by atoms with E-state index >= 15 is 0 Å². The van der Waals surface area contributed by atoms with Gasteiger partial charge in [-0.3, -0.25) is 4.79 Å². The van der Waals surface area contributed by atoms with E-state index in [1.807, 2.05) is 37.3 Å². The quantitative estimate of drug-likeness (QED) is 0.794. The van der Waals surface area contributed by atoms with Crippen LogP contribution in [0.3, 0.4) is 0 Å². The molecule has 6 nitrogen and oxygen atoms in total. The lowest BCUT2D eigenvalue weighted by Gasteiger charge is -2.21. The predicted octanol–water partition coefficient (Wildman–Crippen LogP) is 1.28. The molecule has 1 atom stereocenters. The van der Waals surface area contributed by atoms with E-state index in [1.165, 1.54) is 0 Å². The number of ether oxygens (including phenoxy) is 1. The number of hydrogen-bond donors (Lipinski definition) is 1. The summed E-state index contributed by atoms with van der Waals surface area (Å²) in [5.41, 5.74) is 0.901. The van der Waals surface area contributed by atoms with Crippen molar-refractivity contribution in [1.82, 2.24) is 9.55 Å². The third kappa shape index (κ3) is 4.91. The maximum Gasteiger partial charge on any atom is 0.293 e. The zero-order valence-corrected chi connectivity index (χ0v) is 13.6. The number of likely N-dealkylation sites (N-methyl/N-ethyl adjacent to an activating group) is 1. The van der Waals surface area contributed by atoms with Crippen molar-refractivity contribution in [2.45, 2.75) is 26.2 Å². The van der Waals surface area contributed by atoms with Crippen LogP contribution in [-0.2, 0) is 17.9 Å². The highest BCUT2D eigenvalue weighted by atomic mass is 16.5. The SMILES string of the molecule is CCn1ccnc(N(C)CC(O)COCc2ccccc2)c1=O. The molecule has 0 fully saturated rings. The first-order valence-corrected chi connectivity index (χ1v) is 7.68. The van der Waals surface area contributed by atoms with Crippen molar-refractivity contribution in [2.75, 3.05) is 25.1 Å². The highest BCUT2D eigenvalue weighted by Crippen LogP contribution is 2.04. The van der Waals surface area contributed by atoms with Crippen LogP contribution >= 0.6 is 0 Å². The van der Waals surface area contributed by atoms with Crippen LogP contribution in [0, 0.1) is 0 Å². The first-order valence-electron chi connectivity index (χ1n) is 7.68. The lowest BCUT2D eigenvalue weighted by Crippen LogP contribution is -2.37. The van der Waals surface area contributed by atoms with Gasteiger partial charge >= 0.3 is 0 Å². The van der Waals surface area contributed by atoms with E-state index in [1.54, 1.807) is 28.9 Å². The summed E-state index contributed by atoms with van der Waals surface area (Å²) in [6, 6.07) is 9.79. The number of nitrogens with zero attached hydrogens (tertiary/aromatic N) is 3. The maximum absolute atomic E-state index is 12.2. The van der Waals surface area contributed by atoms with Crippen molar-refractivity contribution < 1.29 is 9.84 Å². The van der Waals surface area contributed by atoms with Gasteiger partial charge in [0, 0.05) is 32.5 Å². The Labute approximate surface area is 136 Å². The minimum Gasteiger partial charge on any atom is -0.389 e. The number of aliphatic hydroxyl groups excluding tert-OH is 1. The van der Waals surface area contributed by atoms with Gasteiger partial charge in [0.1, 0.15) is 0 Å². The van der Waals surface area contributed by atoms with Crippen molar-refractivity contribution in [3.63, 3.8) is 0 Å². The monoisotopic (exact) mass is 317 g/mol. The summed E-state index contributed by atoms with van der Waals surface area (Å²) in [6.45, 7) is 3.43. The number of aromatic nitrogens is 2. The van der Waals surface area contributed by atoms with Gasteiger partial charge in [0.05, 0.1) is 19.3 Å². The van der Waals surface area contributed by atoms with E-state index in [0.29, 0.717) is 19.0 Å². The molecule has 0 amide bonds. The van der Waals surface area contributed by atoms with Gasteiger partial charge in [-0.05, 0) is 12.5 Å². The molecular weight excluding hydrogens is 294 g/mol. The van der Waals surface area contributed by atoms with Gasteiger partial charge in [0.25, 0.3) is 5.56 Å². The topological polar surface area (TPSA) is 67.6 Å². The second-order valence-electron chi connectivity index (χ2n) is 5.38. The first kappa shape index (κ1) is 17.2. The molecule has 0 saturated heterocycles. The molecule has 0 radical (unpaired) electrons. The van der Waals surface area contributed by atoms with E-state index in [-0.39, 0.29) is 18.7 Å². The molecule has 2 rings (SSSR count). The van der Waals surface area contributed by atoms with Gasteiger partial charge in [-0.1, -0.05) is 30.3 Å². The fourth-order valence-electron chi connectivity index (χ4n) is 2.29. The van der Waals surface area contributed by atoms with Gasteiger partial charge in [-0.25, -0.2) is 4.98 Å². The summed E-state index contributed by atoms with van der Waals surface area (Å²) >= 11 is 0. The lowest BCUT2D eigenvalue weighted by molar-refractivity contribution is 0.0323. The number of hydrogen-bond acceptors (Lipinski definition) is 5. The number of aryl methyl sites for hydroxylation is 1. The van der Waals surface area contributed by atoms with E-state index < -0.39 is 6.10 Å². The summed E-state index contributed by atoms with van der Waals surface area (Å²) in [5.74, 6) is 0.330. The Bertz CT molecular complexity index is 658. The van der Waals surface area contributed by atoms with Crippen LogP contribution in [0.2, 0.25) is 0 Å². The van der Waals surface area contributed by atoms with Crippen LogP contribution in [0.15, 0.2) is 47.5 Å². The van der Waals surface area contributed by atoms with E-state index in [9.17, 15) is 9.90 Å². The Morgan fingerprint density at radius 1 is 1.35 bits per heavy atom. The molecule has 1 aromatic heterocycles. The fraction of sp³-hybridized carbons (Fsp3) is 0.412. The predicted molar refractivity (Wildman–Crippen MR) is 89.5 cm³/mol. The summed E-state index contributed by atoms with van der Waals surface area (Å²) in [5, 5.41) is 10.1. The second kappa shape index (κ2) is 8.45. The Kier molecular flexibility index (Phi) is 6.31. The maximum atomic E-state index is 12.2. The molecule has 124 valence electrons. The molecule has 0 saturated carbocycles. The van der Waals surface area contributed by atoms with Gasteiger partial charge in [0.15, 0.2) is 5.82 Å². The molecule has 0 aliphatic rings. The van der Waals surface area contributed by atoms with Crippen molar-refractivity contribution in [1.29, 1.82) is 0 Å². The molecule has 2 aromatic rings. The zero-order chi connectivity index (χ0) is 16.7. The molecule has 1 N–H and O–H groups in total. The number of anilines is 1. The molecule has 0 spiro atoms. The van der Waals surface area contributed by atoms with Gasteiger partial charge < -0.3 is 19.3 Å². The largest absolute Gasteiger partial charge is 0.389 e. The number of benzene rings is 1. The summed E-state index contributed by atoms with van der Waals surface area (Å²) in [4.78, 5) is 17.9. The fourth-order valence-corrected chi connectivity index (χ4v) is 2.29. The van der Waals surface area contributed by atoms with E-state index in [0.717, 1.165) is 5.56 Å². The molecule has 0 aliphatic heterocycles. The van der Waals surface area contributed by atoms with Crippen molar-refractivity contribution >= 4 is 5.82 Å². The highest BCUT2D eigenvalue weighted by molar-refractivity contribution is 5.34. The molecule has 1 unspecified atom stereocenters. The highest BCUT2D eigenvalue weighted by Gasteiger charge is 2.14. The van der Waals surface area contributed by atoms with Crippen molar-refractivity contribution in [2.24, 2.45) is 0 Å². The zero-order valence-electron chi connectivity index (χ0n) is 13.6. The van der Waals surface area contributed by atoms with Crippen LogP contribution in [0.4, 0.5) is 5.82 Å². The smallest absolute Gasteiger partial charge is 0.293 e. The molecule has 23 heavy (non-hydrogen) atoms.